The van der Waals surface area contributed by atoms with Gasteiger partial charge in [-0.05, 0) is 55.0 Å². The molecule has 47 heavy (non-hydrogen) atoms. The molecular weight excluding hydrogens is 601 g/mol. The molecule has 3 heterocycles. The second-order valence-corrected chi connectivity index (χ2v) is 13.3. The van der Waals surface area contributed by atoms with Crippen LogP contribution in [0.3, 0.4) is 0 Å². The minimum Gasteiger partial charge on any atom is -0.497 e. The third kappa shape index (κ3) is 7.11. The number of ether oxygens (including phenoxy) is 2. The first-order valence-corrected chi connectivity index (χ1v) is 17.2. The summed E-state index contributed by atoms with van der Waals surface area (Å²) in [7, 11) is 3.26. The van der Waals surface area contributed by atoms with E-state index in [0.717, 1.165) is 64.3 Å². The predicted octanol–water partition coefficient (Wildman–Crippen LogP) is 3.64. The van der Waals surface area contributed by atoms with Crippen LogP contribution in [0.2, 0.25) is 0 Å². The average Bonchev–Trinajstić information content (AvgIpc) is 3.40. The lowest BCUT2D eigenvalue weighted by Crippen LogP contribution is -2.58. The van der Waals surface area contributed by atoms with E-state index in [1.807, 2.05) is 0 Å². The molecule has 2 aromatic rings. The second kappa shape index (κ2) is 14.6. The molecule has 6 rings (SSSR count). The number of nitrogens with one attached hydrogen (secondary N) is 1. The molecule has 2 aromatic carbocycles. The molecule has 4 aliphatic rings. The van der Waals surface area contributed by atoms with E-state index in [0.29, 0.717) is 23.9 Å². The standard InChI is InChI=1S/C36H48FN5O5/c1-4-24-5-7-29(46-3)20-33(24)41-11-9-26(10-12-41)39-13-15-40(16-14-39)28-18-30(19-28)47-34-17-25-22-42(36(45)31(25)21-32(34)37)27(23-43)6-8-35(44)38-2/h5,7,17,20-21,23,26-28,30H,4,6,8-16,18-19,22H2,1-3H3,(H,38,44). The fraction of sp³-hybridized carbons (Fsp3) is 0.583. The summed E-state index contributed by atoms with van der Waals surface area (Å²) in [6.07, 6.45) is 6.02. The molecule has 254 valence electrons. The van der Waals surface area contributed by atoms with E-state index < -0.39 is 17.8 Å². The zero-order valence-electron chi connectivity index (χ0n) is 27.9. The number of benzene rings is 2. The number of hydrogen-bond acceptors (Lipinski definition) is 8. The maximum Gasteiger partial charge on any atom is 0.255 e. The Balaban J connectivity index is 0.952. The van der Waals surface area contributed by atoms with Gasteiger partial charge in [0, 0.05) is 102 Å². The molecule has 2 amide bonds. The van der Waals surface area contributed by atoms with Crippen LogP contribution in [-0.2, 0) is 22.6 Å². The van der Waals surface area contributed by atoms with Gasteiger partial charge in [0.25, 0.3) is 5.91 Å². The Hall–Kier alpha value is -3.70. The van der Waals surface area contributed by atoms with E-state index >= 15 is 4.39 Å². The quantitative estimate of drug-likeness (QED) is 0.349. The number of fused-ring (bicyclic) bond motifs is 1. The zero-order chi connectivity index (χ0) is 33.1. The molecule has 1 N–H and O–H groups in total. The Bertz CT molecular complexity index is 1450. The summed E-state index contributed by atoms with van der Waals surface area (Å²) in [6, 6.07) is 9.58. The van der Waals surface area contributed by atoms with Gasteiger partial charge >= 0.3 is 0 Å². The van der Waals surface area contributed by atoms with Crippen molar-refractivity contribution in [2.75, 3.05) is 58.3 Å². The number of aldehydes is 1. The number of nitrogens with zero attached hydrogens (tertiary/aromatic N) is 4. The Morgan fingerprint density at radius 2 is 1.74 bits per heavy atom. The maximum absolute atomic E-state index is 15.1. The smallest absolute Gasteiger partial charge is 0.255 e. The number of piperidine rings is 1. The van der Waals surface area contributed by atoms with E-state index in [-0.39, 0.29) is 42.7 Å². The number of anilines is 1. The van der Waals surface area contributed by atoms with Crippen LogP contribution in [0.5, 0.6) is 11.5 Å². The van der Waals surface area contributed by atoms with Crippen molar-refractivity contribution in [1.29, 1.82) is 0 Å². The minimum absolute atomic E-state index is 0.0667. The lowest BCUT2D eigenvalue weighted by molar-refractivity contribution is -0.121. The fourth-order valence-corrected chi connectivity index (χ4v) is 7.71. The number of halogens is 1. The first-order chi connectivity index (χ1) is 22.8. The van der Waals surface area contributed by atoms with Crippen LogP contribution in [0, 0.1) is 5.82 Å². The highest BCUT2D eigenvalue weighted by Crippen LogP contribution is 2.36. The van der Waals surface area contributed by atoms with Gasteiger partial charge in [0.15, 0.2) is 11.6 Å². The number of rotatable bonds is 12. The number of amides is 2. The van der Waals surface area contributed by atoms with Gasteiger partial charge in [0.05, 0.1) is 13.2 Å². The monoisotopic (exact) mass is 649 g/mol. The first kappa shape index (κ1) is 33.2. The predicted molar refractivity (Wildman–Crippen MR) is 178 cm³/mol. The van der Waals surface area contributed by atoms with Gasteiger partial charge in [-0.15, -0.1) is 0 Å². The van der Waals surface area contributed by atoms with Gasteiger partial charge in [-0.1, -0.05) is 13.0 Å². The van der Waals surface area contributed by atoms with Gasteiger partial charge < -0.3 is 29.4 Å². The van der Waals surface area contributed by atoms with Crippen molar-refractivity contribution in [1.82, 2.24) is 20.0 Å². The molecule has 10 nitrogen and oxygen atoms in total. The molecule has 1 unspecified atom stereocenters. The van der Waals surface area contributed by atoms with Crippen molar-refractivity contribution in [2.45, 2.75) is 82.6 Å². The van der Waals surface area contributed by atoms with Crippen molar-refractivity contribution in [3.8, 4) is 11.5 Å². The third-order valence-corrected chi connectivity index (χ3v) is 10.7. The Morgan fingerprint density at radius 1 is 1.04 bits per heavy atom. The molecule has 0 spiro atoms. The molecule has 0 radical (unpaired) electrons. The first-order valence-electron chi connectivity index (χ1n) is 17.2. The van der Waals surface area contributed by atoms with Crippen molar-refractivity contribution < 1.29 is 28.2 Å². The SMILES string of the molecule is CCc1ccc(OC)cc1N1CCC(N2CCN(C3CC(Oc4cc5c(cc4F)C(=O)N(C(C=O)CCC(=O)NC)C5)C3)CC2)CC1. The van der Waals surface area contributed by atoms with Crippen LogP contribution in [-0.4, -0.2) is 110 Å². The van der Waals surface area contributed by atoms with Gasteiger partial charge in [0.1, 0.15) is 18.1 Å². The molecule has 3 fully saturated rings. The molecule has 0 bridgehead atoms. The molecule has 1 aliphatic carbocycles. The van der Waals surface area contributed by atoms with Gasteiger partial charge in [-0.25, -0.2) is 4.39 Å². The fourth-order valence-electron chi connectivity index (χ4n) is 7.71. The number of carbonyl (C=O) groups is 3. The van der Waals surface area contributed by atoms with E-state index in [9.17, 15) is 14.4 Å². The van der Waals surface area contributed by atoms with Crippen molar-refractivity contribution in [3.05, 3.63) is 52.8 Å². The summed E-state index contributed by atoms with van der Waals surface area (Å²) in [5.74, 6) is -0.0790. The van der Waals surface area contributed by atoms with Crippen LogP contribution in [0.1, 0.15) is 66.9 Å². The Morgan fingerprint density at radius 3 is 2.38 bits per heavy atom. The van der Waals surface area contributed by atoms with Crippen molar-refractivity contribution >= 4 is 23.8 Å². The molecule has 0 aromatic heterocycles. The zero-order valence-corrected chi connectivity index (χ0v) is 27.9. The molecule has 11 heteroatoms. The van der Waals surface area contributed by atoms with E-state index in [1.165, 1.54) is 42.1 Å². The highest BCUT2D eigenvalue weighted by molar-refractivity contribution is 6.00. The third-order valence-electron chi connectivity index (χ3n) is 10.7. The van der Waals surface area contributed by atoms with Crippen LogP contribution in [0.25, 0.3) is 0 Å². The van der Waals surface area contributed by atoms with Crippen LogP contribution in [0.15, 0.2) is 30.3 Å². The van der Waals surface area contributed by atoms with E-state index in [2.05, 4.69) is 45.1 Å². The Labute approximate surface area is 277 Å². The van der Waals surface area contributed by atoms with Crippen molar-refractivity contribution in [3.63, 3.8) is 0 Å². The van der Waals surface area contributed by atoms with Gasteiger partial charge in [0.2, 0.25) is 5.91 Å². The summed E-state index contributed by atoms with van der Waals surface area (Å²) < 4.78 is 26.7. The highest BCUT2D eigenvalue weighted by atomic mass is 19.1. The number of piperazine rings is 1. The second-order valence-electron chi connectivity index (χ2n) is 13.3. The van der Waals surface area contributed by atoms with Crippen LogP contribution >= 0.6 is 0 Å². The number of hydrogen-bond donors (Lipinski definition) is 1. The van der Waals surface area contributed by atoms with Gasteiger partial charge in [-0.2, -0.15) is 0 Å². The summed E-state index contributed by atoms with van der Waals surface area (Å²) in [6.45, 7) is 8.75. The lowest BCUT2D eigenvalue weighted by atomic mass is 9.87. The normalized spacial score (nSPS) is 22.9. The Kier molecular flexibility index (Phi) is 10.3. The summed E-state index contributed by atoms with van der Waals surface area (Å²) in [4.78, 5) is 45.5. The average molecular weight is 650 g/mol. The van der Waals surface area contributed by atoms with Crippen LogP contribution in [0.4, 0.5) is 10.1 Å². The number of methoxy groups -OCH3 is 1. The summed E-state index contributed by atoms with van der Waals surface area (Å²) in [5, 5.41) is 2.52. The van der Waals surface area contributed by atoms with E-state index in [4.69, 9.17) is 9.47 Å². The molecule has 1 saturated carbocycles. The highest BCUT2D eigenvalue weighted by Gasteiger charge is 2.39. The topological polar surface area (TPSA) is 94.7 Å². The van der Waals surface area contributed by atoms with E-state index in [1.54, 1.807) is 13.2 Å². The summed E-state index contributed by atoms with van der Waals surface area (Å²) >= 11 is 0. The molecule has 3 aliphatic heterocycles. The molecule has 1 atom stereocenters. The molecular formula is C36H48FN5O5. The lowest BCUT2D eigenvalue weighted by Gasteiger charge is -2.48. The summed E-state index contributed by atoms with van der Waals surface area (Å²) in [5.41, 5.74) is 3.58. The van der Waals surface area contributed by atoms with Crippen molar-refractivity contribution in [2.24, 2.45) is 0 Å². The number of carbonyl (C=O) groups excluding carboxylic acids is 3. The maximum atomic E-state index is 15.1. The largest absolute Gasteiger partial charge is 0.497 e. The molecule has 2 saturated heterocycles. The van der Waals surface area contributed by atoms with Gasteiger partial charge in [-0.3, -0.25) is 19.4 Å². The minimum atomic E-state index is -0.742. The number of aryl methyl sites for hydroxylation is 1. The van der Waals surface area contributed by atoms with Crippen LogP contribution < -0.4 is 19.7 Å².